The van der Waals surface area contributed by atoms with Gasteiger partial charge in [-0.1, -0.05) is 38.1 Å². The SMILES string of the molecule is CC(C)c1cc(=O)c2c(OCc3ccccc3CO)cc(Oc3ncccc3C(F)(F)F)cc2o1. The third-order valence-corrected chi connectivity index (χ3v) is 5.32. The molecule has 0 aliphatic carbocycles. The zero-order valence-electron chi connectivity index (χ0n) is 18.9. The third-order valence-electron chi connectivity index (χ3n) is 5.32. The van der Waals surface area contributed by atoms with Crippen LogP contribution in [0.15, 0.2) is 70.0 Å². The predicted octanol–water partition coefficient (Wildman–Crippen LogP) is 6.19. The monoisotopic (exact) mass is 485 g/mol. The van der Waals surface area contributed by atoms with Gasteiger partial charge in [-0.3, -0.25) is 4.79 Å². The molecule has 4 aromatic rings. The summed E-state index contributed by atoms with van der Waals surface area (Å²) in [5.74, 6) is -0.316. The second kappa shape index (κ2) is 9.79. The highest BCUT2D eigenvalue weighted by Gasteiger charge is 2.35. The molecular formula is C26H22F3NO5. The smallest absolute Gasteiger partial charge is 0.421 e. The van der Waals surface area contributed by atoms with Gasteiger partial charge in [-0.05, 0) is 23.3 Å². The van der Waals surface area contributed by atoms with Crippen LogP contribution in [-0.4, -0.2) is 10.1 Å². The van der Waals surface area contributed by atoms with Gasteiger partial charge in [0.1, 0.15) is 40.4 Å². The number of halogens is 3. The number of aromatic nitrogens is 1. The number of rotatable bonds is 7. The highest BCUT2D eigenvalue weighted by Crippen LogP contribution is 2.39. The molecule has 0 aliphatic heterocycles. The quantitative estimate of drug-likeness (QED) is 0.336. The Morgan fingerprint density at radius 1 is 1.06 bits per heavy atom. The largest absolute Gasteiger partial charge is 0.488 e. The molecule has 9 heteroatoms. The second-order valence-electron chi connectivity index (χ2n) is 8.13. The molecule has 0 bridgehead atoms. The summed E-state index contributed by atoms with van der Waals surface area (Å²) >= 11 is 0. The molecule has 182 valence electrons. The fourth-order valence-corrected chi connectivity index (χ4v) is 3.51. The van der Waals surface area contributed by atoms with Gasteiger partial charge in [0, 0.05) is 30.3 Å². The van der Waals surface area contributed by atoms with E-state index in [0.717, 1.165) is 12.1 Å². The first kappa shape index (κ1) is 24.3. The Hall–Kier alpha value is -3.85. The Balaban J connectivity index is 1.81. The van der Waals surface area contributed by atoms with Gasteiger partial charge in [-0.25, -0.2) is 4.98 Å². The average Bonchev–Trinajstić information content (AvgIpc) is 2.82. The maximum absolute atomic E-state index is 13.4. The Labute approximate surface area is 198 Å². The van der Waals surface area contributed by atoms with E-state index < -0.39 is 17.6 Å². The van der Waals surface area contributed by atoms with E-state index in [4.69, 9.17) is 13.9 Å². The van der Waals surface area contributed by atoms with Crippen molar-refractivity contribution in [3.63, 3.8) is 0 Å². The molecule has 0 spiro atoms. The molecule has 2 heterocycles. The van der Waals surface area contributed by atoms with Crippen molar-refractivity contribution in [2.75, 3.05) is 0 Å². The van der Waals surface area contributed by atoms with E-state index in [-0.39, 0.29) is 47.0 Å². The molecule has 0 radical (unpaired) electrons. The summed E-state index contributed by atoms with van der Waals surface area (Å²) in [5.41, 5.74) is 0.0228. The summed E-state index contributed by atoms with van der Waals surface area (Å²) in [5, 5.41) is 9.70. The Morgan fingerprint density at radius 2 is 1.80 bits per heavy atom. The number of pyridine rings is 1. The predicted molar refractivity (Wildman–Crippen MR) is 123 cm³/mol. The van der Waals surface area contributed by atoms with E-state index in [0.29, 0.717) is 16.9 Å². The van der Waals surface area contributed by atoms with Crippen LogP contribution in [0.2, 0.25) is 0 Å². The number of hydrogen-bond donors (Lipinski definition) is 1. The van der Waals surface area contributed by atoms with Gasteiger partial charge in [-0.2, -0.15) is 13.2 Å². The van der Waals surface area contributed by atoms with Crippen molar-refractivity contribution in [3.05, 3.63) is 93.5 Å². The lowest BCUT2D eigenvalue weighted by Gasteiger charge is -2.15. The molecule has 0 saturated heterocycles. The summed E-state index contributed by atoms with van der Waals surface area (Å²) in [6.07, 6.45) is -3.49. The second-order valence-corrected chi connectivity index (χ2v) is 8.13. The van der Waals surface area contributed by atoms with Crippen molar-refractivity contribution in [1.82, 2.24) is 4.98 Å². The first-order chi connectivity index (χ1) is 16.7. The van der Waals surface area contributed by atoms with Gasteiger partial charge in [0.05, 0.1) is 6.61 Å². The van der Waals surface area contributed by atoms with E-state index in [1.165, 1.54) is 24.4 Å². The van der Waals surface area contributed by atoms with Crippen LogP contribution in [0.25, 0.3) is 11.0 Å². The maximum Gasteiger partial charge on any atom is 0.421 e. The molecule has 0 unspecified atom stereocenters. The van der Waals surface area contributed by atoms with Crippen LogP contribution >= 0.6 is 0 Å². The van der Waals surface area contributed by atoms with Crippen LogP contribution in [0.4, 0.5) is 13.2 Å². The fourth-order valence-electron chi connectivity index (χ4n) is 3.51. The number of alkyl halides is 3. The molecule has 0 aliphatic rings. The number of fused-ring (bicyclic) bond motifs is 1. The number of benzene rings is 2. The van der Waals surface area contributed by atoms with Crippen molar-refractivity contribution >= 4 is 11.0 Å². The van der Waals surface area contributed by atoms with Crippen LogP contribution < -0.4 is 14.9 Å². The van der Waals surface area contributed by atoms with E-state index in [9.17, 15) is 23.1 Å². The van der Waals surface area contributed by atoms with Gasteiger partial charge < -0.3 is 19.0 Å². The summed E-state index contributed by atoms with van der Waals surface area (Å²) in [6.45, 7) is 3.48. The van der Waals surface area contributed by atoms with Crippen molar-refractivity contribution in [3.8, 4) is 17.4 Å². The van der Waals surface area contributed by atoms with Crippen molar-refractivity contribution in [1.29, 1.82) is 0 Å². The molecule has 35 heavy (non-hydrogen) atoms. The standard InChI is InChI=1S/C26H22F3NO5/c1-15(2)21-12-20(32)24-22(33-14-17-7-4-3-6-16(17)13-31)10-18(11-23(24)35-21)34-25-19(26(27,28)29)8-5-9-30-25/h3-12,15,31H,13-14H2,1-2H3. The summed E-state index contributed by atoms with van der Waals surface area (Å²) in [6, 6.07) is 13.1. The highest BCUT2D eigenvalue weighted by molar-refractivity contribution is 5.85. The van der Waals surface area contributed by atoms with Gasteiger partial charge in [0.2, 0.25) is 5.88 Å². The molecule has 0 saturated carbocycles. The Morgan fingerprint density at radius 3 is 2.49 bits per heavy atom. The topological polar surface area (TPSA) is 81.8 Å². The minimum Gasteiger partial charge on any atom is -0.488 e. The van der Waals surface area contributed by atoms with Crippen LogP contribution in [0, 0.1) is 0 Å². The molecular weight excluding hydrogens is 463 g/mol. The molecule has 1 N–H and O–H groups in total. The van der Waals surface area contributed by atoms with Crippen molar-refractivity contribution < 1.29 is 32.2 Å². The van der Waals surface area contributed by atoms with Crippen molar-refractivity contribution in [2.24, 2.45) is 0 Å². The maximum atomic E-state index is 13.4. The summed E-state index contributed by atoms with van der Waals surface area (Å²) < 4.78 is 57.6. The number of aliphatic hydroxyl groups is 1. The third kappa shape index (κ3) is 5.30. The average molecular weight is 485 g/mol. The van der Waals surface area contributed by atoms with Gasteiger partial charge >= 0.3 is 6.18 Å². The van der Waals surface area contributed by atoms with E-state index in [2.05, 4.69) is 4.98 Å². The van der Waals surface area contributed by atoms with Crippen LogP contribution in [0.5, 0.6) is 17.4 Å². The number of hydrogen-bond acceptors (Lipinski definition) is 6. The van der Waals surface area contributed by atoms with Crippen LogP contribution in [-0.2, 0) is 19.4 Å². The first-order valence-corrected chi connectivity index (χ1v) is 10.8. The molecule has 2 aromatic heterocycles. The molecule has 0 fully saturated rings. The molecule has 0 atom stereocenters. The van der Waals surface area contributed by atoms with Gasteiger partial charge in [-0.15, -0.1) is 0 Å². The number of ether oxygens (including phenoxy) is 2. The Bertz CT molecular complexity index is 1410. The summed E-state index contributed by atoms with van der Waals surface area (Å²) in [7, 11) is 0. The van der Waals surface area contributed by atoms with Crippen LogP contribution in [0.3, 0.4) is 0 Å². The lowest BCUT2D eigenvalue weighted by atomic mass is 10.1. The molecule has 6 nitrogen and oxygen atoms in total. The first-order valence-electron chi connectivity index (χ1n) is 10.8. The fraction of sp³-hybridized carbons (Fsp3) is 0.231. The van der Waals surface area contributed by atoms with Gasteiger partial charge in [0.15, 0.2) is 5.43 Å². The lowest BCUT2D eigenvalue weighted by Crippen LogP contribution is -2.09. The molecule has 4 rings (SSSR count). The highest BCUT2D eigenvalue weighted by atomic mass is 19.4. The zero-order chi connectivity index (χ0) is 25.2. The van der Waals surface area contributed by atoms with E-state index in [1.54, 1.807) is 24.3 Å². The molecule has 2 aromatic carbocycles. The summed E-state index contributed by atoms with van der Waals surface area (Å²) in [4.78, 5) is 16.7. The van der Waals surface area contributed by atoms with E-state index in [1.807, 2.05) is 13.8 Å². The normalized spacial score (nSPS) is 11.7. The van der Waals surface area contributed by atoms with Crippen LogP contribution in [0.1, 0.15) is 42.2 Å². The minimum absolute atomic E-state index is 0.00194. The van der Waals surface area contributed by atoms with E-state index >= 15 is 0 Å². The molecule has 0 amide bonds. The van der Waals surface area contributed by atoms with Gasteiger partial charge in [0.25, 0.3) is 0 Å². The Kier molecular flexibility index (Phi) is 6.79. The number of nitrogens with zero attached hydrogens (tertiary/aromatic N) is 1. The number of aliphatic hydroxyl groups excluding tert-OH is 1. The zero-order valence-corrected chi connectivity index (χ0v) is 18.9. The van der Waals surface area contributed by atoms with Crippen molar-refractivity contribution in [2.45, 2.75) is 39.2 Å². The lowest BCUT2D eigenvalue weighted by molar-refractivity contribution is -0.138. The minimum atomic E-state index is -4.68.